The van der Waals surface area contributed by atoms with E-state index in [9.17, 15) is 0 Å². The second-order valence-corrected chi connectivity index (χ2v) is 2.13. The molecule has 6 heavy (non-hydrogen) atoms. The summed E-state index contributed by atoms with van der Waals surface area (Å²) in [6.45, 7) is 7.12. The fraction of sp³-hybridized carbons (Fsp3) is 0.200. The molecule has 1 heteroatoms. The van der Waals surface area contributed by atoms with Crippen molar-refractivity contribution >= 4 is 9.52 Å². The minimum Gasteiger partial charge on any atom is -0.107 e. The van der Waals surface area contributed by atoms with Gasteiger partial charge in [0.05, 0.1) is 9.52 Å². The largest absolute Gasteiger partial charge is 0.107 e. The lowest BCUT2D eigenvalue weighted by atomic mass is 10.8. The Bertz CT molecular complexity index is 39.9. The van der Waals surface area contributed by atoms with Crippen molar-refractivity contribution in [3.05, 3.63) is 24.9 Å². The van der Waals surface area contributed by atoms with E-state index in [1.54, 1.807) is 0 Å². The Morgan fingerprint density at radius 1 is 1.50 bits per heavy atom. The van der Waals surface area contributed by atoms with Crippen LogP contribution in [0.25, 0.3) is 0 Å². The first kappa shape index (κ1) is 5.70. The molecule has 0 saturated carbocycles. The Morgan fingerprint density at radius 2 is 2.17 bits per heavy atom. The predicted molar refractivity (Wildman–Crippen MR) is 31.0 cm³/mol. The van der Waals surface area contributed by atoms with Gasteiger partial charge in [0.2, 0.25) is 0 Å². The zero-order valence-corrected chi connectivity index (χ0v) is 4.78. The summed E-state index contributed by atoms with van der Waals surface area (Å²) in [6, 6.07) is 1.09. The van der Waals surface area contributed by atoms with Gasteiger partial charge < -0.3 is 0 Å². The van der Waals surface area contributed by atoms with Crippen molar-refractivity contribution in [3.8, 4) is 0 Å². The standard InChI is InChI=1S/C5H8Si/c1-3-5-6-4-2/h3-4H,1-2,5H2. The Balaban J connectivity index is 2.66. The Labute approximate surface area is 41.4 Å². The highest BCUT2D eigenvalue weighted by atomic mass is 28.2. The van der Waals surface area contributed by atoms with Gasteiger partial charge in [0, 0.05) is 0 Å². The molecule has 0 aliphatic rings. The van der Waals surface area contributed by atoms with Crippen LogP contribution in [0.15, 0.2) is 24.9 Å². The van der Waals surface area contributed by atoms with Gasteiger partial charge in [-0.25, -0.2) is 0 Å². The smallest absolute Gasteiger partial charge is 0.0736 e. The van der Waals surface area contributed by atoms with Gasteiger partial charge in [0.15, 0.2) is 0 Å². The minimum absolute atomic E-state index is 0.861. The molecule has 0 unspecified atom stereocenters. The van der Waals surface area contributed by atoms with Crippen LogP contribution in [0.5, 0.6) is 0 Å². The molecular weight excluding hydrogens is 88.1 g/mol. The normalized spacial score (nSPS) is 7.33. The van der Waals surface area contributed by atoms with E-state index >= 15 is 0 Å². The first-order valence-corrected chi connectivity index (χ1v) is 3.15. The second kappa shape index (κ2) is 4.70. The van der Waals surface area contributed by atoms with Crippen LogP contribution in [-0.4, -0.2) is 9.52 Å². The molecule has 0 amide bonds. The first-order chi connectivity index (χ1) is 2.91. The molecule has 0 aliphatic heterocycles. The quantitative estimate of drug-likeness (QED) is 0.283. The highest BCUT2D eigenvalue weighted by molar-refractivity contribution is 6.42. The number of rotatable bonds is 3. The molecule has 0 bridgehead atoms. The maximum atomic E-state index is 3.56. The lowest BCUT2D eigenvalue weighted by Gasteiger charge is -1.74. The molecular formula is C5H8Si. The fourth-order valence-electron chi connectivity index (χ4n) is 0.167. The molecule has 0 N–H and O–H groups in total. The van der Waals surface area contributed by atoms with E-state index in [1.807, 2.05) is 11.8 Å². The van der Waals surface area contributed by atoms with E-state index in [0.717, 1.165) is 15.6 Å². The van der Waals surface area contributed by atoms with E-state index in [0.29, 0.717) is 0 Å². The van der Waals surface area contributed by atoms with Crippen LogP contribution in [0.1, 0.15) is 0 Å². The Kier molecular flexibility index (Phi) is 4.46. The lowest BCUT2D eigenvalue weighted by Crippen LogP contribution is -1.74. The third-order valence-corrected chi connectivity index (χ3v) is 1.22. The van der Waals surface area contributed by atoms with Crippen LogP contribution < -0.4 is 0 Å². The van der Waals surface area contributed by atoms with Crippen LogP contribution in [0.3, 0.4) is 0 Å². The molecule has 0 rings (SSSR count). The molecule has 0 atom stereocenters. The summed E-state index contributed by atoms with van der Waals surface area (Å²) in [6.07, 6.45) is 1.90. The van der Waals surface area contributed by atoms with Crippen molar-refractivity contribution in [1.82, 2.24) is 0 Å². The van der Waals surface area contributed by atoms with E-state index in [-0.39, 0.29) is 0 Å². The van der Waals surface area contributed by atoms with E-state index in [1.165, 1.54) is 0 Å². The van der Waals surface area contributed by atoms with Gasteiger partial charge in [-0.2, -0.15) is 0 Å². The highest BCUT2D eigenvalue weighted by Crippen LogP contribution is 1.75. The van der Waals surface area contributed by atoms with Crippen LogP contribution >= 0.6 is 0 Å². The zero-order valence-electron chi connectivity index (χ0n) is 3.78. The van der Waals surface area contributed by atoms with Gasteiger partial charge in [0.1, 0.15) is 0 Å². The summed E-state index contributed by atoms with van der Waals surface area (Å²) in [4.78, 5) is 0. The molecule has 0 aromatic rings. The topological polar surface area (TPSA) is 0 Å². The van der Waals surface area contributed by atoms with Gasteiger partial charge in [-0.3, -0.25) is 0 Å². The average molecular weight is 96.2 g/mol. The minimum atomic E-state index is 0.861. The first-order valence-electron chi connectivity index (χ1n) is 1.87. The molecule has 32 valence electrons. The summed E-state index contributed by atoms with van der Waals surface area (Å²) >= 11 is 0. The SMILES string of the molecule is C=CC[Si]C=C. The average Bonchev–Trinajstić information content (AvgIpc) is 1.61. The lowest BCUT2D eigenvalue weighted by molar-refractivity contribution is 1.73. The van der Waals surface area contributed by atoms with E-state index in [2.05, 4.69) is 13.2 Å². The number of allylic oxidation sites excluding steroid dienone is 1. The van der Waals surface area contributed by atoms with Crippen molar-refractivity contribution in [2.45, 2.75) is 6.04 Å². The third-order valence-electron chi connectivity index (χ3n) is 0.407. The van der Waals surface area contributed by atoms with Gasteiger partial charge in [-0.1, -0.05) is 6.08 Å². The molecule has 0 nitrogen and oxygen atoms in total. The predicted octanol–water partition coefficient (Wildman–Crippen LogP) is 1.44. The van der Waals surface area contributed by atoms with E-state index < -0.39 is 0 Å². The summed E-state index contributed by atoms with van der Waals surface area (Å²) < 4.78 is 0. The maximum Gasteiger partial charge on any atom is 0.0736 e. The van der Waals surface area contributed by atoms with Crippen molar-refractivity contribution in [2.24, 2.45) is 0 Å². The molecule has 2 radical (unpaired) electrons. The van der Waals surface area contributed by atoms with Gasteiger partial charge in [-0.15, -0.1) is 18.9 Å². The van der Waals surface area contributed by atoms with Crippen molar-refractivity contribution in [1.29, 1.82) is 0 Å². The summed E-state index contributed by atoms with van der Waals surface area (Å²) in [7, 11) is 0.861. The number of hydrogen-bond acceptors (Lipinski definition) is 0. The highest BCUT2D eigenvalue weighted by Gasteiger charge is 1.69. The molecule has 0 aromatic heterocycles. The summed E-state index contributed by atoms with van der Waals surface area (Å²) in [5.41, 5.74) is 1.92. The van der Waals surface area contributed by atoms with Crippen molar-refractivity contribution in [3.63, 3.8) is 0 Å². The molecule has 0 spiro atoms. The van der Waals surface area contributed by atoms with Crippen molar-refractivity contribution < 1.29 is 0 Å². The summed E-state index contributed by atoms with van der Waals surface area (Å²) in [5, 5.41) is 0. The Morgan fingerprint density at radius 3 is 2.33 bits per heavy atom. The molecule has 0 heterocycles. The second-order valence-electron chi connectivity index (χ2n) is 0.901. The molecule has 0 fully saturated rings. The third kappa shape index (κ3) is 3.70. The monoisotopic (exact) mass is 96.0 g/mol. The van der Waals surface area contributed by atoms with Crippen LogP contribution in [0.4, 0.5) is 0 Å². The van der Waals surface area contributed by atoms with Gasteiger partial charge >= 0.3 is 0 Å². The van der Waals surface area contributed by atoms with Crippen molar-refractivity contribution in [2.75, 3.05) is 0 Å². The molecule has 0 aromatic carbocycles. The molecule has 0 saturated heterocycles. The Hall–Kier alpha value is -0.303. The summed E-state index contributed by atoms with van der Waals surface area (Å²) in [5.74, 6) is 0. The van der Waals surface area contributed by atoms with Crippen LogP contribution in [0, 0.1) is 0 Å². The number of hydrogen-bond donors (Lipinski definition) is 0. The van der Waals surface area contributed by atoms with E-state index in [4.69, 9.17) is 0 Å². The zero-order chi connectivity index (χ0) is 4.83. The van der Waals surface area contributed by atoms with Gasteiger partial charge in [-0.05, 0) is 6.04 Å². The van der Waals surface area contributed by atoms with Gasteiger partial charge in [0.25, 0.3) is 0 Å². The van der Waals surface area contributed by atoms with Crippen LogP contribution in [-0.2, 0) is 0 Å². The fourth-order valence-corrected chi connectivity index (χ4v) is 0.500. The maximum absolute atomic E-state index is 3.56. The molecule has 0 aliphatic carbocycles. The van der Waals surface area contributed by atoms with Crippen LogP contribution in [0.2, 0.25) is 6.04 Å².